The Morgan fingerprint density at radius 1 is 0.914 bits per heavy atom. The number of aliphatic hydroxyl groups is 2. The number of hydrogen-bond acceptors (Lipinski definition) is 7. The van der Waals surface area contributed by atoms with Crippen molar-refractivity contribution >= 4 is 49.3 Å². The highest BCUT2D eigenvalue weighted by Crippen LogP contribution is 2.41. The van der Waals surface area contributed by atoms with Gasteiger partial charge in [-0.05, 0) is 44.3 Å². The second-order valence-electron chi connectivity index (χ2n) is 9.27. The van der Waals surface area contributed by atoms with Crippen LogP contribution in [0.4, 0.5) is 5.82 Å². The maximum absolute atomic E-state index is 11.2. The van der Waals surface area contributed by atoms with E-state index in [1.165, 1.54) is 33.3 Å². The van der Waals surface area contributed by atoms with Crippen LogP contribution in [0.15, 0.2) is 67.3 Å². The van der Waals surface area contributed by atoms with Crippen molar-refractivity contribution in [2.75, 3.05) is 12.3 Å². The van der Waals surface area contributed by atoms with Gasteiger partial charge in [-0.15, -0.1) is 0 Å². The lowest BCUT2D eigenvalue weighted by molar-refractivity contribution is -0.0450. The molecule has 1 saturated heterocycles. The van der Waals surface area contributed by atoms with Gasteiger partial charge in [0.1, 0.15) is 24.2 Å². The second-order valence-corrected chi connectivity index (χ2v) is 9.27. The number of ether oxygens (including phenoxy) is 1. The summed E-state index contributed by atoms with van der Waals surface area (Å²) in [4.78, 5) is 12.7. The molecule has 7 rings (SSSR count). The molecule has 0 radical (unpaired) electrons. The molecule has 2 aromatic heterocycles. The van der Waals surface area contributed by atoms with E-state index in [4.69, 9.17) is 10.5 Å². The van der Waals surface area contributed by atoms with Gasteiger partial charge in [-0.1, -0.05) is 54.6 Å². The molecule has 0 saturated carbocycles. The maximum atomic E-state index is 11.2. The van der Waals surface area contributed by atoms with Gasteiger partial charge in [0.05, 0.1) is 19.0 Å². The van der Waals surface area contributed by atoms with Crippen molar-refractivity contribution in [1.29, 1.82) is 0 Å². The summed E-state index contributed by atoms with van der Waals surface area (Å²) in [5.74, 6) is -0.0476. The summed E-state index contributed by atoms with van der Waals surface area (Å²) < 4.78 is 7.93. The maximum Gasteiger partial charge on any atom is 0.167 e. The lowest BCUT2D eigenvalue weighted by Gasteiger charge is -2.23. The highest BCUT2D eigenvalue weighted by Gasteiger charge is 2.45. The molecule has 8 nitrogen and oxygen atoms in total. The van der Waals surface area contributed by atoms with Crippen LogP contribution in [0.3, 0.4) is 0 Å². The minimum absolute atomic E-state index is 0.281. The number of aromatic nitrogens is 4. The van der Waals surface area contributed by atoms with Crippen LogP contribution in [0, 0.1) is 5.92 Å². The number of aliphatic hydroxyl groups excluding tert-OH is 2. The number of nitrogen functional groups attached to an aromatic ring is 1. The zero-order valence-electron chi connectivity index (χ0n) is 18.7. The van der Waals surface area contributed by atoms with Crippen LogP contribution in [0.5, 0.6) is 0 Å². The van der Waals surface area contributed by atoms with Crippen molar-refractivity contribution in [3.8, 4) is 0 Å². The average Bonchev–Trinajstić information content (AvgIpc) is 3.45. The second kappa shape index (κ2) is 7.58. The summed E-state index contributed by atoms with van der Waals surface area (Å²) in [6, 6.07) is 19.3. The smallest absolute Gasteiger partial charge is 0.167 e. The van der Waals surface area contributed by atoms with Gasteiger partial charge >= 0.3 is 0 Å². The summed E-state index contributed by atoms with van der Waals surface area (Å²) in [5, 5.41) is 28.3. The molecular weight excluding hydrogens is 442 g/mol. The molecular formula is C27H23N5O3. The lowest BCUT2D eigenvalue weighted by Crippen LogP contribution is -2.30. The molecule has 0 amide bonds. The van der Waals surface area contributed by atoms with Crippen LogP contribution in [0.2, 0.25) is 0 Å². The third kappa shape index (κ3) is 2.94. The molecule has 174 valence electrons. The van der Waals surface area contributed by atoms with Crippen LogP contribution in [0.25, 0.3) is 43.5 Å². The summed E-state index contributed by atoms with van der Waals surface area (Å²) in [5.41, 5.74) is 8.12. The van der Waals surface area contributed by atoms with Gasteiger partial charge in [-0.3, -0.25) is 4.57 Å². The fraction of sp³-hybridized carbons (Fsp3) is 0.222. The van der Waals surface area contributed by atoms with Crippen molar-refractivity contribution < 1.29 is 14.9 Å². The molecule has 8 heteroatoms. The van der Waals surface area contributed by atoms with Crippen LogP contribution < -0.4 is 5.73 Å². The van der Waals surface area contributed by atoms with Gasteiger partial charge in [0.15, 0.2) is 11.5 Å². The van der Waals surface area contributed by atoms with Gasteiger partial charge < -0.3 is 20.7 Å². The van der Waals surface area contributed by atoms with Gasteiger partial charge in [0.25, 0.3) is 0 Å². The molecule has 0 unspecified atom stereocenters. The van der Waals surface area contributed by atoms with Crippen LogP contribution in [-0.2, 0) is 11.2 Å². The van der Waals surface area contributed by atoms with Crippen molar-refractivity contribution in [2.24, 2.45) is 5.92 Å². The summed E-state index contributed by atoms with van der Waals surface area (Å²) in [6.07, 6.45) is 1.42. The topological polar surface area (TPSA) is 119 Å². The van der Waals surface area contributed by atoms with E-state index in [0.29, 0.717) is 17.6 Å². The third-order valence-electron chi connectivity index (χ3n) is 7.42. The molecule has 4 N–H and O–H groups in total. The molecule has 0 aliphatic carbocycles. The molecule has 4 aromatic carbocycles. The van der Waals surface area contributed by atoms with Crippen molar-refractivity contribution in [3.63, 3.8) is 0 Å². The Balaban J connectivity index is 1.37. The number of nitrogens with zero attached hydrogens (tertiary/aromatic N) is 4. The number of hydrogen-bond donors (Lipinski definition) is 3. The number of nitrogens with two attached hydrogens (primary N) is 1. The molecule has 1 aliphatic heterocycles. The van der Waals surface area contributed by atoms with E-state index in [0.717, 1.165) is 10.9 Å². The predicted octanol–water partition coefficient (Wildman–Crippen LogP) is 3.42. The largest absolute Gasteiger partial charge is 0.394 e. The Morgan fingerprint density at radius 2 is 1.66 bits per heavy atom. The van der Waals surface area contributed by atoms with Crippen molar-refractivity contribution in [3.05, 3.63) is 72.8 Å². The normalized spacial score (nSPS) is 22.8. The Bertz CT molecular complexity index is 1700. The van der Waals surface area contributed by atoms with Gasteiger partial charge in [-0.25, -0.2) is 15.0 Å². The number of fused-ring (bicyclic) bond motifs is 1. The fourth-order valence-corrected chi connectivity index (χ4v) is 5.73. The molecule has 0 bridgehead atoms. The summed E-state index contributed by atoms with van der Waals surface area (Å²) >= 11 is 0. The number of benzene rings is 4. The van der Waals surface area contributed by atoms with Gasteiger partial charge in [-0.2, -0.15) is 0 Å². The van der Waals surface area contributed by atoms with E-state index < -0.39 is 18.4 Å². The van der Waals surface area contributed by atoms with Crippen LogP contribution in [-0.4, -0.2) is 48.5 Å². The minimum Gasteiger partial charge on any atom is -0.394 e. The van der Waals surface area contributed by atoms with Crippen LogP contribution in [0.1, 0.15) is 11.8 Å². The van der Waals surface area contributed by atoms with E-state index in [9.17, 15) is 10.2 Å². The van der Waals surface area contributed by atoms with Crippen molar-refractivity contribution in [1.82, 2.24) is 19.5 Å². The summed E-state index contributed by atoms with van der Waals surface area (Å²) in [7, 11) is 0. The quantitative estimate of drug-likeness (QED) is 0.341. The first-order chi connectivity index (χ1) is 17.1. The van der Waals surface area contributed by atoms with E-state index in [1.54, 1.807) is 10.9 Å². The first-order valence-electron chi connectivity index (χ1n) is 11.7. The van der Waals surface area contributed by atoms with Crippen molar-refractivity contribution in [2.45, 2.75) is 24.9 Å². The molecule has 1 aliphatic rings. The minimum atomic E-state index is -0.861. The molecule has 3 heterocycles. The molecule has 6 aromatic rings. The molecule has 4 atom stereocenters. The van der Waals surface area contributed by atoms with Gasteiger partial charge in [0, 0.05) is 5.92 Å². The molecule has 0 spiro atoms. The Morgan fingerprint density at radius 3 is 2.46 bits per heavy atom. The van der Waals surface area contributed by atoms with E-state index in [2.05, 4.69) is 69.5 Å². The van der Waals surface area contributed by atoms with E-state index in [-0.39, 0.29) is 18.3 Å². The Labute approximate surface area is 199 Å². The number of imidazole rings is 1. The highest BCUT2D eigenvalue weighted by molar-refractivity contribution is 6.23. The lowest BCUT2D eigenvalue weighted by atomic mass is 9.86. The number of rotatable bonds is 4. The van der Waals surface area contributed by atoms with E-state index >= 15 is 0 Å². The first kappa shape index (κ1) is 20.5. The van der Waals surface area contributed by atoms with Crippen LogP contribution >= 0.6 is 0 Å². The zero-order chi connectivity index (χ0) is 23.7. The molecule has 35 heavy (non-hydrogen) atoms. The third-order valence-corrected chi connectivity index (χ3v) is 7.42. The van der Waals surface area contributed by atoms with Gasteiger partial charge in [0.2, 0.25) is 0 Å². The average molecular weight is 466 g/mol. The first-order valence-corrected chi connectivity index (χ1v) is 11.7. The highest BCUT2D eigenvalue weighted by atomic mass is 16.5. The molecule has 1 fully saturated rings. The Hall–Kier alpha value is -3.85. The fourth-order valence-electron chi connectivity index (χ4n) is 5.73. The predicted molar refractivity (Wildman–Crippen MR) is 134 cm³/mol. The van der Waals surface area contributed by atoms with E-state index in [1.807, 2.05) is 0 Å². The standard InChI is InChI=1S/C27H23N5O3/c28-25-23-26(30-12-29-25)32(13-31-23)27-19(24(34)20(11-33)35-27)10-17-7-6-16-5-4-14-2-1-3-15-8-9-18(17)22(16)21(14)15/h1-9,12-13,19-20,24,27,33-34H,10-11H2,(H2,28,29,30)/t19-,20-,24+,27-/m1/s1. The number of anilines is 1. The SMILES string of the molecule is Nc1ncnc2c1ncn2[C@@H]1O[C@H](CO)[C@@H](O)[C@H]1Cc1ccc2ccc3cccc4ccc1c2c34. The Kier molecular flexibility index (Phi) is 4.44. The monoisotopic (exact) mass is 465 g/mol. The zero-order valence-corrected chi connectivity index (χ0v) is 18.7. The summed E-state index contributed by atoms with van der Waals surface area (Å²) in [6.45, 7) is -0.281.